The Morgan fingerprint density at radius 3 is 3.00 bits per heavy atom. The van der Waals surface area contributed by atoms with Gasteiger partial charge in [0.05, 0.1) is 7.11 Å². The first-order valence-electron chi connectivity index (χ1n) is 5.55. The second-order valence-electron chi connectivity index (χ2n) is 3.86. The van der Waals surface area contributed by atoms with Crippen LogP contribution in [0.2, 0.25) is 0 Å². The molecule has 2 rings (SSSR count). The van der Waals surface area contributed by atoms with Gasteiger partial charge in [-0.15, -0.1) is 0 Å². The van der Waals surface area contributed by atoms with Crippen molar-refractivity contribution < 1.29 is 9.53 Å². The Balaban J connectivity index is 2.29. The first kappa shape index (κ1) is 10.9. The van der Waals surface area contributed by atoms with Crippen LogP contribution in [-0.4, -0.2) is 17.9 Å². The molecule has 0 aliphatic heterocycles. The zero-order chi connectivity index (χ0) is 11.4. The molecule has 0 aromatic carbocycles. The third kappa shape index (κ3) is 2.13. The lowest BCUT2D eigenvalue weighted by atomic mass is 9.95. The molecular formula is C13H15NO2. The zero-order valence-corrected chi connectivity index (χ0v) is 9.40. The van der Waals surface area contributed by atoms with Gasteiger partial charge in [-0.05, 0) is 43.4 Å². The number of hydrogen-bond acceptors (Lipinski definition) is 3. The van der Waals surface area contributed by atoms with Crippen molar-refractivity contribution in [2.75, 3.05) is 7.11 Å². The van der Waals surface area contributed by atoms with Crippen LogP contribution >= 0.6 is 0 Å². The first-order valence-corrected chi connectivity index (χ1v) is 5.55. The SMILES string of the molecule is COc1cccnc1C(=O)C1=CCCCC1. The van der Waals surface area contributed by atoms with Crippen molar-refractivity contribution in [1.29, 1.82) is 0 Å². The van der Waals surface area contributed by atoms with E-state index in [9.17, 15) is 4.79 Å². The fourth-order valence-electron chi connectivity index (χ4n) is 1.92. The molecule has 1 heterocycles. The molecule has 84 valence electrons. The summed E-state index contributed by atoms with van der Waals surface area (Å²) in [4.78, 5) is 16.3. The third-order valence-electron chi connectivity index (χ3n) is 2.79. The number of carbonyl (C=O) groups excluding carboxylic acids is 1. The summed E-state index contributed by atoms with van der Waals surface area (Å²) in [6.07, 6.45) is 7.77. The molecule has 0 amide bonds. The normalized spacial score (nSPS) is 15.4. The fraction of sp³-hybridized carbons (Fsp3) is 0.385. The Labute approximate surface area is 95.2 Å². The largest absolute Gasteiger partial charge is 0.494 e. The zero-order valence-electron chi connectivity index (χ0n) is 9.40. The van der Waals surface area contributed by atoms with E-state index in [2.05, 4.69) is 4.98 Å². The number of hydrogen-bond donors (Lipinski definition) is 0. The highest BCUT2D eigenvalue weighted by molar-refractivity contribution is 6.09. The van der Waals surface area contributed by atoms with Crippen molar-refractivity contribution in [2.24, 2.45) is 0 Å². The summed E-state index contributed by atoms with van der Waals surface area (Å²) in [5, 5.41) is 0. The van der Waals surface area contributed by atoms with Gasteiger partial charge >= 0.3 is 0 Å². The quantitative estimate of drug-likeness (QED) is 0.731. The number of pyridine rings is 1. The van der Waals surface area contributed by atoms with Crippen LogP contribution in [0.25, 0.3) is 0 Å². The first-order chi connectivity index (χ1) is 7.83. The summed E-state index contributed by atoms with van der Waals surface area (Å²) in [6.45, 7) is 0. The van der Waals surface area contributed by atoms with Gasteiger partial charge in [-0.2, -0.15) is 0 Å². The van der Waals surface area contributed by atoms with Crippen LogP contribution in [-0.2, 0) is 0 Å². The molecule has 0 fully saturated rings. The molecule has 1 aromatic rings. The molecule has 1 aromatic heterocycles. The molecule has 0 N–H and O–H groups in total. The Morgan fingerprint density at radius 2 is 2.31 bits per heavy atom. The van der Waals surface area contributed by atoms with Crippen molar-refractivity contribution in [3.8, 4) is 5.75 Å². The van der Waals surface area contributed by atoms with E-state index in [1.54, 1.807) is 25.4 Å². The van der Waals surface area contributed by atoms with Gasteiger partial charge in [0.2, 0.25) is 5.78 Å². The number of ketones is 1. The molecule has 0 bridgehead atoms. The highest BCUT2D eigenvalue weighted by Crippen LogP contribution is 2.24. The smallest absolute Gasteiger partial charge is 0.210 e. The summed E-state index contributed by atoms with van der Waals surface area (Å²) >= 11 is 0. The number of aromatic nitrogens is 1. The lowest BCUT2D eigenvalue weighted by Gasteiger charge is -2.12. The number of Topliss-reactive ketones (excluding diaryl/α,β-unsaturated/α-hetero) is 1. The van der Waals surface area contributed by atoms with Gasteiger partial charge in [0.1, 0.15) is 5.75 Å². The molecule has 0 radical (unpaired) electrons. The summed E-state index contributed by atoms with van der Waals surface area (Å²) in [6, 6.07) is 3.54. The minimum absolute atomic E-state index is 0.0113. The van der Waals surface area contributed by atoms with E-state index >= 15 is 0 Å². The highest BCUT2D eigenvalue weighted by Gasteiger charge is 2.18. The number of rotatable bonds is 3. The molecule has 0 unspecified atom stereocenters. The Kier molecular flexibility index (Phi) is 3.34. The molecule has 1 aliphatic rings. The molecule has 0 saturated carbocycles. The van der Waals surface area contributed by atoms with Crippen LogP contribution in [0.15, 0.2) is 30.0 Å². The maximum absolute atomic E-state index is 12.2. The van der Waals surface area contributed by atoms with E-state index < -0.39 is 0 Å². The van der Waals surface area contributed by atoms with Crippen molar-refractivity contribution >= 4 is 5.78 Å². The van der Waals surface area contributed by atoms with Crippen LogP contribution in [0.1, 0.15) is 36.2 Å². The Bertz CT molecular complexity index is 424. The van der Waals surface area contributed by atoms with E-state index in [0.29, 0.717) is 11.4 Å². The molecule has 0 spiro atoms. The molecule has 1 aliphatic carbocycles. The minimum Gasteiger partial charge on any atom is -0.494 e. The van der Waals surface area contributed by atoms with E-state index in [-0.39, 0.29) is 5.78 Å². The van der Waals surface area contributed by atoms with Crippen LogP contribution in [0.3, 0.4) is 0 Å². The average Bonchev–Trinajstić information content (AvgIpc) is 2.39. The highest BCUT2D eigenvalue weighted by atomic mass is 16.5. The van der Waals surface area contributed by atoms with Crippen molar-refractivity contribution in [2.45, 2.75) is 25.7 Å². The van der Waals surface area contributed by atoms with Gasteiger partial charge in [0.25, 0.3) is 0 Å². The van der Waals surface area contributed by atoms with E-state index in [1.807, 2.05) is 6.08 Å². The minimum atomic E-state index is 0.0113. The summed E-state index contributed by atoms with van der Waals surface area (Å²) in [5.74, 6) is 0.566. The third-order valence-corrected chi connectivity index (χ3v) is 2.79. The Morgan fingerprint density at radius 1 is 1.44 bits per heavy atom. The van der Waals surface area contributed by atoms with E-state index in [4.69, 9.17) is 4.74 Å². The second-order valence-corrected chi connectivity index (χ2v) is 3.86. The lowest BCUT2D eigenvalue weighted by Crippen LogP contribution is -2.09. The van der Waals surface area contributed by atoms with Crippen LogP contribution in [0, 0.1) is 0 Å². The van der Waals surface area contributed by atoms with Crippen LogP contribution < -0.4 is 4.74 Å². The van der Waals surface area contributed by atoms with Crippen molar-refractivity contribution in [3.63, 3.8) is 0 Å². The van der Waals surface area contributed by atoms with Crippen LogP contribution in [0.5, 0.6) is 5.75 Å². The summed E-state index contributed by atoms with van der Waals surface area (Å²) in [7, 11) is 1.56. The van der Waals surface area contributed by atoms with Gasteiger partial charge in [-0.3, -0.25) is 4.79 Å². The van der Waals surface area contributed by atoms with Gasteiger partial charge in [-0.1, -0.05) is 6.08 Å². The van der Waals surface area contributed by atoms with Crippen molar-refractivity contribution in [3.05, 3.63) is 35.7 Å². The van der Waals surface area contributed by atoms with Gasteiger partial charge < -0.3 is 4.74 Å². The van der Waals surface area contributed by atoms with Crippen molar-refractivity contribution in [1.82, 2.24) is 4.98 Å². The molecular weight excluding hydrogens is 202 g/mol. The number of nitrogens with zero attached hydrogens (tertiary/aromatic N) is 1. The predicted octanol–water partition coefficient (Wildman–Crippen LogP) is 2.77. The number of methoxy groups -OCH3 is 1. The summed E-state index contributed by atoms with van der Waals surface area (Å²) in [5.41, 5.74) is 1.31. The predicted molar refractivity (Wildman–Crippen MR) is 61.7 cm³/mol. The molecule has 3 nitrogen and oxygen atoms in total. The van der Waals surface area contributed by atoms with E-state index in [0.717, 1.165) is 24.8 Å². The van der Waals surface area contributed by atoms with Gasteiger partial charge in [0, 0.05) is 6.20 Å². The number of carbonyl (C=O) groups is 1. The molecule has 16 heavy (non-hydrogen) atoms. The number of ether oxygens (including phenoxy) is 1. The monoisotopic (exact) mass is 217 g/mol. The number of allylic oxidation sites excluding steroid dienone is 2. The molecule has 0 atom stereocenters. The topological polar surface area (TPSA) is 39.2 Å². The standard InChI is InChI=1S/C13H15NO2/c1-16-11-8-5-9-14-12(11)13(15)10-6-3-2-4-7-10/h5-6,8-9H,2-4,7H2,1H3. The van der Waals surface area contributed by atoms with Gasteiger partial charge in [0.15, 0.2) is 5.69 Å². The molecule has 3 heteroatoms. The fourth-order valence-corrected chi connectivity index (χ4v) is 1.92. The van der Waals surface area contributed by atoms with Crippen LogP contribution in [0.4, 0.5) is 0 Å². The Hall–Kier alpha value is -1.64. The maximum atomic E-state index is 12.2. The second kappa shape index (κ2) is 4.92. The summed E-state index contributed by atoms with van der Waals surface area (Å²) < 4.78 is 5.15. The van der Waals surface area contributed by atoms with E-state index in [1.165, 1.54) is 6.42 Å². The maximum Gasteiger partial charge on any atom is 0.210 e. The lowest BCUT2D eigenvalue weighted by molar-refractivity contribution is 0.102. The average molecular weight is 217 g/mol. The molecule has 0 saturated heterocycles. The van der Waals surface area contributed by atoms with Gasteiger partial charge in [-0.25, -0.2) is 4.98 Å².